The van der Waals surface area contributed by atoms with Gasteiger partial charge in [-0.1, -0.05) is 11.6 Å². The maximum atomic E-state index is 11.1. The van der Waals surface area contributed by atoms with Crippen molar-refractivity contribution in [3.8, 4) is 0 Å². The SMILES string of the molecule is CCOC(=O)CC(O)C(O)c1ccc(Cl)s1. The van der Waals surface area contributed by atoms with Crippen LogP contribution in [0, 0.1) is 0 Å². The van der Waals surface area contributed by atoms with Crippen LogP contribution < -0.4 is 0 Å². The molecule has 0 aliphatic carbocycles. The Hall–Kier alpha value is -0.620. The zero-order valence-corrected chi connectivity index (χ0v) is 10.3. The van der Waals surface area contributed by atoms with Gasteiger partial charge in [0.25, 0.3) is 0 Å². The molecule has 2 unspecified atom stereocenters. The van der Waals surface area contributed by atoms with Gasteiger partial charge in [0.15, 0.2) is 0 Å². The normalized spacial score (nSPS) is 14.5. The van der Waals surface area contributed by atoms with Crippen LogP contribution in [0.3, 0.4) is 0 Å². The van der Waals surface area contributed by atoms with Crippen molar-refractivity contribution in [2.45, 2.75) is 25.6 Å². The average Bonchev–Trinajstić information content (AvgIpc) is 2.64. The summed E-state index contributed by atoms with van der Waals surface area (Å²) in [7, 11) is 0. The molecular weight excluding hydrogens is 252 g/mol. The molecule has 0 bridgehead atoms. The van der Waals surface area contributed by atoms with E-state index in [9.17, 15) is 15.0 Å². The summed E-state index contributed by atoms with van der Waals surface area (Å²) in [5.74, 6) is -0.531. The van der Waals surface area contributed by atoms with Gasteiger partial charge < -0.3 is 14.9 Å². The number of carbonyl (C=O) groups is 1. The van der Waals surface area contributed by atoms with E-state index in [0.29, 0.717) is 9.21 Å². The van der Waals surface area contributed by atoms with Gasteiger partial charge in [0.2, 0.25) is 0 Å². The van der Waals surface area contributed by atoms with Crippen LogP contribution in [0.1, 0.15) is 24.3 Å². The molecule has 0 aliphatic rings. The van der Waals surface area contributed by atoms with Crippen molar-refractivity contribution in [1.82, 2.24) is 0 Å². The van der Waals surface area contributed by atoms with Crippen LogP contribution in [0.4, 0.5) is 0 Å². The highest BCUT2D eigenvalue weighted by atomic mass is 35.5. The number of hydrogen-bond donors (Lipinski definition) is 2. The molecule has 2 atom stereocenters. The van der Waals surface area contributed by atoms with Gasteiger partial charge in [0.1, 0.15) is 6.10 Å². The van der Waals surface area contributed by atoms with E-state index in [2.05, 4.69) is 4.74 Å². The number of aliphatic hydroxyl groups is 2. The minimum absolute atomic E-state index is 0.232. The topological polar surface area (TPSA) is 66.8 Å². The highest BCUT2D eigenvalue weighted by molar-refractivity contribution is 7.16. The van der Waals surface area contributed by atoms with Gasteiger partial charge in [-0.25, -0.2) is 0 Å². The number of rotatable bonds is 5. The fraction of sp³-hybridized carbons (Fsp3) is 0.500. The van der Waals surface area contributed by atoms with Crippen molar-refractivity contribution in [3.05, 3.63) is 21.3 Å². The molecule has 1 aromatic heterocycles. The number of aliphatic hydroxyl groups excluding tert-OH is 2. The molecule has 6 heteroatoms. The highest BCUT2D eigenvalue weighted by Gasteiger charge is 2.23. The first kappa shape index (κ1) is 13.4. The van der Waals surface area contributed by atoms with Crippen molar-refractivity contribution in [3.63, 3.8) is 0 Å². The first-order valence-corrected chi connectivity index (χ1v) is 6.01. The van der Waals surface area contributed by atoms with Crippen LogP contribution in [-0.4, -0.2) is 28.9 Å². The minimum atomic E-state index is -1.17. The molecular formula is C10H13ClO4S. The van der Waals surface area contributed by atoms with E-state index in [0.717, 1.165) is 0 Å². The second-order valence-electron chi connectivity index (χ2n) is 3.16. The van der Waals surface area contributed by atoms with E-state index in [4.69, 9.17) is 11.6 Å². The molecule has 0 aliphatic heterocycles. The average molecular weight is 265 g/mol. The van der Waals surface area contributed by atoms with Gasteiger partial charge in [0, 0.05) is 4.88 Å². The number of halogens is 1. The van der Waals surface area contributed by atoms with Gasteiger partial charge in [-0.15, -0.1) is 11.3 Å². The minimum Gasteiger partial charge on any atom is -0.466 e. The van der Waals surface area contributed by atoms with E-state index < -0.39 is 18.2 Å². The second kappa shape index (κ2) is 6.20. The van der Waals surface area contributed by atoms with E-state index in [1.54, 1.807) is 19.1 Å². The van der Waals surface area contributed by atoms with Crippen LogP contribution in [0.2, 0.25) is 4.34 Å². The lowest BCUT2D eigenvalue weighted by molar-refractivity contribution is -0.147. The van der Waals surface area contributed by atoms with Crippen LogP contribution in [0.15, 0.2) is 12.1 Å². The van der Waals surface area contributed by atoms with Crippen molar-refractivity contribution in [2.75, 3.05) is 6.61 Å². The molecule has 16 heavy (non-hydrogen) atoms. The lowest BCUT2D eigenvalue weighted by Gasteiger charge is -2.15. The Balaban J connectivity index is 2.53. The third kappa shape index (κ3) is 3.75. The first-order chi connectivity index (χ1) is 7.54. The van der Waals surface area contributed by atoms with Gasteiger partial charge in [0.05, 0.1) is 23.5 Å². The van der Waals surface area contributed by atoms with Crippen LogP contribution in [0.25, 0.3) is 0 Å². The molecule has 1 aromatic rings. The molecule has 0 saturated carbocycles. The van der Waals surface area contributed by atoms with E-state index >= 15 is 0 Å². The Morgan fingerprint density at radius 2 is 2.25 bits per heavy atom. The van der Waals surface area contributed by atoms with E-state index in [-0.39, 0.29) is 13.0 Å². The molecule has 0 spiro atoms. The van der Waals surface area contributed by atoms with Gasteiger partial charge in [-0.2, -0.15) is 0 Å². The molecule has 0 amide bonds. The van der Waals surface area contributed by atoms with Gasteiger partial charge in [-0.05, 0) is 19.1 Å². The Morgan fingerprint density at radius 3 is 2.75 bits per heavy atom. The number of esters is 1. The number of carbonyl (C=O) groups excluding carboxylic acids is 1. The van der Waals surface area contributed by atoms with Crippen LogP contribution in [-0.2, 0) is 9.53 Å². The Kier molecular flexibility index (Phi) is 5.21. The van der Waals surface area contributed by atoms with Gasteiger partial charge >= 0.3 is 5.97 Å². The quantitative estimate of drug-likeness (QED) is 0.795. The summed E-state index contributed by atoms with van der Waals surface area (Å²) in [4.78, 5) is 11.6. The second-order valence-corrected chi connectivity index (χ2v) is 4.91. The standard InChI is InChI=1S/C10H13ClO4S/c1-2-15-9(13)5-6(12)10(14)7-3-4-8(11)16-7/h3-4,6,10,12,14H,2,5H2,1H3. The maximum Gasteiger partial charge on any atom is 0.308 e. The molecule has 0 radical (unpaired) electrons. The molecule has 0 fully saturated rings. The predicted molar refractivity (Wildman–Crippen MR) is 61.5 cm³/mol. The predicted octanol–water partition coefficient (Wildman–Crippen LogP) is 1.75. The number of hydrogen-bond acceptors (Lipinski definition) is 5. The molecule has 1 heterocycles. The van der Waals surface area contributed by atoms with Crippen LogP contribution >= 0.6 is 22.9 Å². The van der Waals surface area contributed by atoms with Crippen molar-refractivity contribution >= 4 is 28.9 Å². The Morgan fingerprint density at radius 1 is 1.56 bits per heavy atom. The van der Waals surface area contributed by atoms with E-state index in [1.807, 2.05) is 0 Å². The highest BCUT2D eigenvalue weighted by Crippen LogP contribution is 2.29. The summed E-state index contributed by atoms with van der Waals surface area (Å²) >= 11 is 6.87. The Labute approximate surface area is 102 Å². The smallest absolute Gasteiger partial charge is 0.308 e. The number of thiophene rings is 1. The molecule has 0 saturated heterocycles. The lowest BCUT2D eigenvalue weighted by atomic mass is 10.1. The van der Waals surface area contributed by atoms with Crippen LogP contribution in [0.5, 0.6) is 0 Å². The summed E-state index contributed by atoms with van der Waals surface area (Å²) in [6.45, 7) is 1.94. The number of ether oxygens (including phenoxy) is 1. The summed E-state index contributed by atoms with van der Waals surface area (Å²) < 4.78 is 5.20. The maximum absolute atomic E-state index is 11.1. The zero-order valence-electron chi connectivity index (χ0n) is 8.72. The van der Waals surface area contributed by atoms with Crippen molar-refractivity contribution < 1.29 is 19.7 Å². The molecule has 1 rings (SSSR count). The fourth-order valence-electron chi connectivity index (χ4n) is 1.18. The molecule has 90 valence electrons. The van der Waals surface area contributed by atoms with Crippen molar-refractivity contribution in [2.24, 2.45) is 0 Å². The molecule has 2 N–H and O–H groups in total. The fourth-order valence-corrected chi connectivity index (χ4v) is 2.28. The molecule has 0 aromatic carbocycles. The zero-order chi connectivity index (χ0) is 12.1. The van der Waals surface area contributed by atoms with Crippen molar-refractivity contribution in [1.29, 1.82) is 0 Å². The van der Waals surface area contributed by atoms with E-state index in [1.165, 1.54) is 11.3 Å². The third-order valence-electron chi connectivity index (χ3n) is 1.93. The Bertz CT molecular complexity index is 352. The largest absolute Gasteiger partial charge is 0.466 e. The first-order valence-electron chi connectivity index (χ1n) is 4.81. The monoisotopic (exact) mass is 264 g/mol. The summed E-state index contributed by atoms with van der Waals surface area (Å²) in [5.41, 5.74) is 0. The lowest BCUT2D eigenvalue weighted by Crippen LogP contribution is -2.22. The summed E-state index contributed by atoms with van der Waals surface area (Å²) in [6.07, 6.45) is -2.51. The van der Waals surface area contributed by atoms with Gasteiger partial charge in [-0.3, -0.25) is 4.79 Å². The summed E-state index contributed by atoms with van der Waals surface area (Å²) in [6, 6.07) is 3.24. The summed E-state index contributed by atoms with van der Waals surface area (Å²) in [5, 5.41) is 19.3. The molecule has 4 nitrogen and oxygen atoms in total. The third-order valence-corrected chi connectivity index (χ3v) is 3.23.